The van der Waals surface area contributed by atoms with E-state index in [-0.39, 0.29) is 17.7 Å². The first-order chi connectivity index (χ1) is 8.80. The lowest BCUT2D eigenvalue weighted by atomic mass is 9.93. The van der Waals surface area contributed by atoms with Crippen LogP contribution in [0.3, 0.4) is 0 Å². The van der Waals surface area contributed by atoms with E-state index in [0.717, 1.165) is 12.1 Å². The summed E-state index contributed by atoms with van der Waals surface area (Å²) in [4.78, 5) is 11.4. The maximum atomic E-state index is 13.5. The minimum absolute atomic E-state index is 0.0651. The maximum absolute atomic E-state index is 13.5. The van der Waals surface area contributed by atoms with E-state index in [0.29, 0.717) is 0 Å². The van der Waals surface area contributed by atoms with Gasteiger partial charge < -0.3 is 14.6 Å². The Labute approximate surface area is 105 Å². The van der Waals surface area contributed by atoms with Crippen molar-refractivity contribution >= 4 is 5.97 Å². The van der Waals surface area contributed by atoms with Crippen LogP contribution in [-0.4, -0.2) is 23.3 Å². The zero-order valence-corrected chi connectivity index (χ0v) is 9.75. The molecule has 1 heterocycles. The molecule has 1 fully saturated rings. The summed E-state index contributed by atoms with van der Waals surface area (Å²) in [6.45, 7) is -1.59. The first-order valence-electron chi connectivity index (χ1n) is 5.51. The van der Waals surface area contributed by atoms with Crippen LogP contribution in [0, 0.1) is 5.82 Å². The molecule has 1 aromatic rings. The summed E-state index contributed by atoms with van der Waals surface area (Å²) in [6.07, 6.45) is 0.224. The van der Waals surface area contributed by atoms with Gasteiger partial charge in [0.05, 0.1) is 0 Å². The Balaban J connectivity index is 2.11. The molecule has 102 valence electrons. The number of benzene rings is 1. The second kappa shape index (κ2) is 3.34. The van der Waals surface area contributed by atoms with E-state index >= 15 is 0 Å². The minimum Gasteiger partial charge on any atom is -0.486 e. The van der Waals surface area contributed by atoms with E-state index in [9.17, 15) is 23.1 Å². The number of carboxylic acid groups (broad SMARTS) is 1. The minimum atomic E-state index is -3.18. The van der Waals surface area contributed by atoms with Crippen LogP contribution in [0.15, 0.2) is 12.1 Å². The number of fused-ring (bicyclic) bond motifs is 3. The van der Waals surface area contributed by atoms with Crippen molar-refractivity contribution in [2.75, 3.05) is 0 Å². The van der Waals surface area contributed by atoms with Gasteiger partial charge in [-0.3, -0.25) is 4.79 Å². The van der Waals surface area contributed by atoms with Crippen LogP contribution in [0.1, 0.15) is 18.9 Å². The van der Waals surface area contributed by atoms with E-state index in [2.05, 4.69) is 4.74 Å². The summed E-state index contributed by atoms with van der Waals surface area (Å²) in [6, 6.07) is 1.87. The zero-order valence-electron chi connectivity index (χ0n) is 9.75. The Bertz CT molecular complexity index is 589. The van der Waals surface area contributed by atoms with E-state index in [1.54, 1.807) is 6.92 Å². The van der Waals surface area contributed by atoms with Crippen molar-refractivity contribution in [2.24, 2.45) is 0 Å². The lowest BCUT2D eigenvalue weighted by Crippen LogP contribution is -2.27. The maximum Gasteiger partial charge on any atom is 0.387 e. The number of aliphatic carboxylic acids is 1. The van der Waals surface area contributed by atoms with Crippen molar-refractivity contribution in [1.29, 1.82) is 0 Å². The van der Waals surface area contributed by atoms with Crippen LogP contribution < -0.4 is 9.47 Å². The van der Waals surface area contributed by atoms with Crippen molar-refractivity contribution in [3.05, 3.63) is 23.5 Å². The number of rotatable bonds is 3. The van der Waals surface area contributed by atoms with Crippen molar-refractivity contribution in [2.45, 2.75) is 31.0 Å². The fourth-order valence-electron chi connectivity index (χ4n) is 2.76. The number of carbonyl (C=O) groups is 1. The van der Waals surface area contributed by atoms with Gasteiger partial charge in [0.25, 0.3) is 0 Å². The lowest BCUT2D eigenvalue weighted by molar-refractivity contribution is -0.141. The predicted octanol–water partition coefficient (Wildman–Crippen LogP) is 2.30. The van der Waals surface area contributed by atoms with Crippen molar-refractivity contribution in [3.8, 4) is 11.5 Å². The quantitative estimate of drug-likeness (QED) is 0.918. The van der Waals surface area contributed by atoms with Crippen molar-refractivity contribution in [1.82, 2.24) is 0 Å². The average molecular weight is 274 g/mol. The number of hydrogen-bond acceptors (Lipinski definition) is 3. The first kappa shape index (κ1) is 12.1. The van der Waals surface area contributed by atoms with Crippen LogP contribution in [0.5, 0.6) is 11.5 Å². The molecule has 0 saturated heterocycles. The molecule has 7 heteroatoms. The van der Waals surface area contributed by atoms with Gasteiger partial charge in [0.1, 0.15) is 16.8 Å². The summed E-state index contributed by atoms with van der Waals surface area (Å²) in [5.74, 6) is -2.74. The monoisotopic (exact) mass is 274 g/mol. The van der Waals surface area contributed by atoms with E-state index in [1.165, 1.54) is 0 Å². The number of halogens is 3. The van der Waals surface area contributed by atoms with Gasteiger partial charge >= 0.3 is 12.6 Å². The van der Waals surface area contributed by atoms with Gasteiger partial charge in [-0.15, -0.1) is 0 Å². The smallest absolute Gasteiger partial charge is 0.387 e. The van der Waals surface area contributed by atoms with Crippen molar-refractivity contribution in [3.63, 3.8) is 0 Å². The largest absolute Gasteiger partial charge is 0.486 e. The van der Waals surface area contributed by atoms with E-state index in [1.807, 2.05) is 0 Å². The summed E-state index contributed by atoms with van der Waals surface area (Å²) in [7, 11) is 0. The van der Waals surface area contributed by atoms with Crippen LogP contribution in [-0.2, 0) is 10.2 Å². The third-order valence-corrected chi connectivity index (χ3v) is 3.79. The molecule has 2 atom stereocenters. The van der Waals surface area contributed by atoms with Gasteiger partial charge in [-0.1, -0.05) is 0 Å². The molecule has 0 radical (unpaired) electrons. The van der Waals surface area contributed by atoms with Crippen LogP contribution in [0.25, 0.3) is 0 Å². The highest BCUT2D eigenvalue weighted by atomic mass is 19.3. The van der Waals surface area contributed by atoms with E-state index < -0.39 is 35.2 Å². The third kappa shape index (κ3) is 1.38. The Hall–Kier alpha value is -1.92. The molecule has 1 saturated carbocycles. The molecule has 1 aliphatic carbocycles. The summed E-state index contributed by atoms with van der Waals surface area (Å²) in [5.41, 5.74) is -2.06. The summed E-state index contributed by atoms with van der Waals surface area (Å²) >= 11 is 0. The van der Waals surface area contributed by atoms with Gasteiger partial charge in [0, 0.05) is 18.1 Å². The number of carboxylic acids is 1. The summed E-state index contributed by atoms with van der Waals surface area (Å²) < 4.78 is 47.3. The Kier molecular flexibility index (Phi) is 2.13. The topological polar surface area (TPSA) is 55.8 Å². The summed E-state index contributed by atoms with van der Waals surface area (Å²) in [5, 5.41) is 9.31. The average Bonchev–Trinajstić information content (AvgIpc) is 2.81. The van der Waals surface area contributed by atoms with Crippen LogP contribution in [0.2, 0.25) is 0 Å². The molecule has 0 bridgehead atoms. The molecule has 1 N–H and O–H groups in total. The highest BCUT2D eigenvalue weighted by Gasteiger charge is 2.77. The molecule has 2 aliphatic rings. The molecule has 2 unspecified atom stereocenters. The van der Waals surface area contributed by atoms with Gasteiger partial charge in [0.15, 0.2) is 11.6 Å². The SMILES string of the molecule is CC12CC1(C(=O)O)c1cc(OC(F)F)c(F)cc1O2. The van der Waals surface area contributed by atoms with Crippen LogP contribution >= 0.6 is 0 Å². The number of ether oxygens (including phenoxy) is 2. The van der Waals surface area contributed by atoms with E-state index in [4.69, 9.17) is 4.74 Å². The van der Waals surface area contributed by atoms with Gasteiger partial charge in [-0.2, -0.15) is 8.78 Å². The fourth-order valence-corrected chi connectivity index (χ4v) is 2.76. The number of alkyl halides is 2. The highest BCUT2D eigenvalue weighted by molar-refractivity contribution is 5.91. The highest BCUT2D eigenvalue weighted by Crippen LogP contribution is 2.67. The Morgan fingerprint density at radius 3 is 2.79 bits per heavy atom. The normalized spacial score (nSPS) is 30.6. The Morgan fingerprint density at radius 2 is 2.21 bits per heavy atom. The van der Waals surface area contributed by atoms with Gasteiger partial charge in [-0.05, 0) is 13.0 Å². The number of hydrogen-bond donors (Lipinski definition) is 1. The van der Waals surface area contributed by atoms with Gasteiger partial charge in [-0.25, -0.2) is 4.39 Å². The molecular weight excluding hydrogens is 265 g/mol. The fraction of sp³-hybridized carbons (Fsp3) is 0.417. The second-order valence-corrected chi connectivity index (χ2v) is 4.88. The predicted molar refractivity (Wildman–Crippen MR) is 56.0 cm³/mol. The standard InChI is InChI=1S/C12H9F3O4/c1-11-4-12(11,9(16)17)5-2-8(18-10(14)15)6(13)3-7(5)19-11/h2-3,10H,4H2,1H3,(H,16,17). The first-order valence-corrected chi connectivity index (χ1v) is 5.51. The second-order valence-electron chi connectivity index (χ2n) is 4.88. The zero-order chi connectivity index (χ0) is 14.0. The van der Waals surface area contributed by atoms with Gasteiger partial charge in [0.2, 0.25) is 0 Å². The molecule has 3 rings (SSSR count). The third-order valence-electron chi connectivity index (χ3n) is 3.79. The van der Waals surface area contributed by atoms with Crippen molar-refractivity contribution < 1.29 is 32.5 Å². The molecule has 4 nitrogen and oxygen atoms in total. The molecular formula is C12H9F3O4. The molecule has 0 spiro atoms. The molecule has 0 amide bonds. The molecule has 1 aliphatic heterocycles. The lowest BCUT2D eigenvalue weighted by Gasteiger charge is -2.11. The van der Waals surface area contributed by atoms with Crippen LogP contribution in [0.4, 0.5) is 13.2 Å². The molecule has 1 aromatic carbocycles. The Morgan fingerprint density at radius 1 is 1.53 bits per heavy atom. The molecule has 19 heavy (non-hydrogen) atoms. The molecule has 0 aromatic heterocycles.